The second kappa shape index (κ2) is 5.20. The fourth-order valence-corrected chi connectivity index (χ4v) is 1.04. The highest BCUT2D eigenvalue weighted by atomic mass is 16.5. The van der Waals surface area contributed by atoms with Crippen LogP contribution in [0.3, 0.4) is 0 Å². The van der Waals surface area contributed by atoms with Crippen molar-refractivity contribution in [2.75, 3.05) is 5.73 Å². The first-order chi connectivity index (χ1) is 7.08. The van der Waals surface area contributed by atoms with Crippen LogP contribution in [0.4, 0.5) is 5.69 Å². The summed E-state index contributed by atoms with van der Waals surface area (Å²) in [5, 5.41) is 0. The number of carbonyl (C=O) groups is 1. The van der Waals surface area contributed by atoms with E-state index in [-0.39, 0.29) is 12.1 Å². The van der Waals surface area contributed by atoms with Gasteiger partial charge in [0.2, 0.25) is 0 Å². The number of hydrogen-bond donors (Lipinski definition) is 1. The molecule has 0 atom stereocenters. The van der Waals surface area contributed by atoms with Crippen molar-refractivity contribution in [3.8, 4) is 0 Å². The number of nitrogen functional groups attached to an aromatic ring is 1. The van der Waals surface area contributed by atoms with Gasteiger partial charge in [0, 0.05) is 11.8 Å². The lowest BCUT2D eigenvalue weighted by Crippen LogP contribution is -2.08. The number of carbonyl (C=O) groups excluding carboxylic acids is 1. The van der Waals surface area contributed by atoms with Crippen molar-refractivity contribution in [2.24, 2.45) is 0 Å². The molecule has 0 aliphatic heterocycles. The molecule has 0 radical (unpaired) electrons. The molecule has 0 heterocycles. The number of ether oxygens (including phenoxy) is 1. The van der Waals surface area contributed by atoms with Gasteiger partial charge < -0.3 is 10.5 Å². The lowest BCUT2D eigenvalue weighted by Gasteiger charge is -2.03. The van der Waals surface area contributed by atoms with E-state index in [1.165, 1.54) is 6.08 Å². The van der Waals surface area contributed by atoms with Gasteiger partial charge in [-0.25, -0.2) is 4.79 Å². The zero-order chi connectivity index (χ0) is 11.3. The van der Waals surface area contributed by atoms with Crippen LogP contribution in [-0.2, 0) is 9.53 Å². The molecule has 0 bridgehead atoms. The van der Waals surface area contributed by atoms with Gasteiger partial charge in [0.15, 0.2) is 0 Å². The van der Waals surface area contributed by atoms with Crippen molar-refractivity contribution >= 4 is 17.7 Å². The third kappa shape index (κ3) is 4.31. The largest absolute Gasteiger partial charge is 0.460 e. The van der Waals surface area contributed by atoms with Gasteiger partial charge >= 0.3 is 5.97 Å². The Bertz CT molecular complexity index is 352. The van der Waals surface area contributed by atoms with Gasteiger partial charge in [-0.05, 0) is 37.6 Å². The Balaban J connectivity index is 2.57. The molecule has 3 heteroatoms. The average molecular weight is 205 g/mol. The van der Waals surface area contributed by atoms with Crippen molar-refractivity contribution in [2.45, 2.75) is 20.0 Å². The van der Waals surface area contributed by atoms with Gasteiger partial charge in [0.1, 0.15) is 0 Å². The van der Waals surface area contributed by atoms with E-state index < -0.39 is 0 Å². The van der Waals surface area contributed by atoms with Crippen LogP contribution in [0.2, 0.25) is 0 Å². The highest BCUT2D eigenvalue weighted by Gasteiger charge is 1.99. The smallest absolute Gasteiger partial charge is 0.331 e. The van der Waals surface area contributed by atoms with Gasteiger partial charge in [0.05, 0.1) is 6.10 Å². The first-order valence-electron chi connectivity index (χ1n) is 4.82. The van der Waals surface area contributed by atoms with Crippen LogP contribution in [0.15, 0.2) is 30.3 Å². The van der Waals surface area contributed by atoms with Crippen molar-refractivity contribution < 1.29 is 9.53 Å². The zero-order valence-electron chi connectivity index (χ0n) is 8.94. The van der Waals surface area contributed by atoms with Gasteiger partial charge in [0.25, 0.3) is 0 Å². The Morgan fingerprint density at radius 3 is 2.47 bits per heavy atom. The highest BCUT2D eigenvalue weighted by Crippen LogP contribution is 2.07. The summed E-state index contributed by atoms with van der Waals surface area (Å²) in [5.74, 6) is -0.332. The van der Waals surface area contributed by atoms with E-state index in [1.807, 2.05) is 26.0 Å². The summed E-state index contributed by atoms with van der Waals surface area (Å²) >= 11 is 0. The van der Waals surface area contributed by atoms with Crippen LogP contribution in [0.5, 0.6) is 0 Å². The maximum atomic E-state index is 11.2. The number of hydrogen-bond acceptors (Lipinski definition) is 3. The Kier molecular flexibility index (Phi) is 3.92. The third-order valence-corrected chi connectivity index (χ3v) is 1.70. The molecule has 0 spiro atoms. The van der Waals surface area contributed by atoms with Crippen molar-refractivity contribution in [1.29, 1.82) is 0 Å². The van der Waals surface area contributed by atoms with E-state index >= 15 is 0 Å². The van der Waals surface area contributed by atoms with Gasteiger partial charge in [-0.2, -0.15) is 0 Å². The normalized spacial score (nSPS) is 10.9. The summed E-state index contributed by atoms with van der Waals surface area (Å²) in [6.45, 7) is 3.63. The molecule has 0 aliphatic rings. The van der Waals surface area contributed by atoms with E-state index in [4.69, 9.17) is 10.5 Å². The Hall–Kier alpha value is -1.77. The van der Waals surface area contributed by atoms with E-state index in [9.17, 15) is 4.79 Å². The first kappa shape index (κ1) is 11.3. The molecular weight excluding hydrogens is 190 g/mol. The molecule has 1 aromatic carbocycles. The highest BCUT2D eigenvalue weighted by molar-refractivity contribution is 5.87. The van der Waals surface area contributed by atoms with Crippen LogP contribution in [0.25, 0.3) is 6.08 Å². The zero-order valence-corrected chi connectivity index (χ0v) is 8.94. The predicted octanol–water partition coefficient (Wildman–Crippen LogP) is 2.23. The summed E-state index contributed by atoms with van der Waals surface area (Å²) < 4.78 is 4.95. The Labute approximate surface area is 89.5 Å². The molecular formula is C12H15NO2. The van der Waals surface area contributed by atoms with Crippen LogP contribution >= 0.6 is 0 Å². The quantitative estimate of drug-likeness (QED) is 0.467. The number of anilines is 1. The number of rotatable bonds is 3. The van der Waals surface area contributed by atoms with Crippen molar-refractivity contribution in [3.63, 3.8) is 0 Å². The maximum absolute atomic E-state index is 11.2. The van der Waals surface area contributed by atoms with Crippen LogP contribution in [0.1, 0.15) is 19.4 Å². The summed E-state index contributed by atoms with van der Waals surface area (Å²) in [6.07, 6.45) is 3.02. The molecule has 3 nitrogen and oxygen atoms in total. The van der Waals surface area contributed by atoms with E-state index in [1.54, 1.807) is 18.2 Å². The van der Waals surface area contributed by atoms with Crippen LogP contribution in [-0.4, -0.2) is 12.1 Å². The monoisotopic (exact) mass is 205 g/mol. The minimum Gasteiger partial charge on any atom is -0.460 e. The van der Waals surface area contributed by atoms with Crippen LogP contribution < -0.4 is 5.73 Å². The van der Waals surface area contributed by atoms with E-state index in [0.29, 0.717) is 5.69 Å². The van der Waals surface area contributed by atoms with Crippen molar-refractivity contribution in [3.05, 3.63) is 35.9 Å². The molecule has 2 N–H and O–H groups in total. The van der Waals surface area contributed by atoms with E-state index in [2.05, 4.69) is 0 Å². The van der Waals surface area contributed by atoms with Crippen LogP contribution in [0, 0.1) is 0 Å². The van der Waals surface area contributed by atoms with Gasteiger partial charge in [-0.1, -0.05) is 12.1 Å². The summed E-state index contributed by atoms with van der Waals surface area (Å²) in [4.78, 5) is 11.2. The molecule has 1 aromatic rings. The van der Waals surface area contributed by atoms with E-state index in [0.717, 1.165) is 5.56 Å². The number of nitrogens with two attached hydrogens (primary N) is 1. The number of benzene rings is 1. The molecule has 0 fully saturated rings. The lowest BCUT2D eigenvalue weighted by atomic mass is 10.2. The lowest BCUT2D eigenvalue weighted by molar-refractivity contribution is -0.141. The Morgan fingerprint density at radius 2 is 1.93 bits per heavy atom. The minimum absolute atomic E-state index is 0.0893. The Morgan fingerprint density at radius 1 is 1.33 bits per heavy atom. The van der Waals surface area contributed by atoms with Gasteiger partial charge in [-0.15, -0.1) is 0 Å². The predicted molar refractivity (Wildman–Crippen MR) is 61.1 cm³/mol. The fourth-order valence-electron chi connectivity index (χ4n) is 1.04. The fraction of sp³-hybridized carbons (Fsp3) is 0.250. The molecule has 0 unspecified atom stereocenters. The molecule has 0 aliphatic carbocycles. The number of esters is 1. The SMILES string of the molecule is CC(C)OC(=O)/C=C/c1ccc(N)cc1. The molecule has 80 valence electrons. The second-order valence-corrected chi connectivity index (χ2v) is 3.49. The molecule has 1 rings (SSSR count). The first-order valence-corrected chi connectivity index (χ1v) is 4.82. The molecule has 0 saturated heterocycles. The molecule has 0 aromatic heterocycles. The second-order valence-electron chi connectivity index (χ2n) is 3.49. The average Bonchev–Trinajstić information content (AvgIpc) is 2.16. The topological polar surface area (TPSA) is 52.3 Å². The third-order valence-electron chi connectivity index (χ3n) is 1.70. The summed E-state index contributed by atoms with van der Waals surface area (Å²) in [6, 6.07) is 7.25. The molecule has 0 amide bonds. The minimum atomic E-state index is -0.332. The molecule has 0 saturated carbocycles. The molecule has 15 heavy (non-hydrogen) atoms. The van der Waals surface area contributed by atoms with Gasteiger partial charge in [-0.3, -0.25) is 0 Å². The summed E-state index contributed by atoms with van der Waals surface area (Å²) in [7, 11) is 0. The standard InChI is InChI=1S/C12H15NO2/c1-9(2)15-12(14)8-5-10-3-6-11(13)7-4-10/h3-9H,13H2,1-2H3/b8-5+. The maximum Gasteiger partial charge on any atom is 0.331 e. The summed E-state index contributed by atoms with van der Waals surface area (Å²) in [5.41, 5.74) is 7.16. The van der Waals surface area contributed by atoms with Crippen molar-refractivity contribution in [1.82, 2.24) is 0 Å².